The van der Waals surface area contributed by atoms with Gasteiger partial charge in [0.2, 0.25) is 0 Å². The normalized spacial score (nSPS) is 12.8. The quantitative estimate of drug-likeness (QED) is 0.790. The predicted molar refractivity (Wildman–Crippen MR) is 76.0 cm³/mol. The van der Waals surface area contributed by atoms with Gasteiger partial charge in [-0.15, -0.1) is 0 Å². The highest BCUT2D eigenvalue weighted by Gasteiger charge is 2.21. The third kappa shape index (κ3) is 2.18. The van der Waals surface area contributed by atoms with E-state index in [1.807, 2.05) is 31.2 Å². The number of halogens is 1. The first-order chi connectivity index (χ1) is 9.69. The number of benzene rings is 1. The van der Waals surface area contributed by atoms with Gasteiger partial charge in [0.1, 0.15) is 28.9 Å². The van der Waals surface area contributed by atoms with Crippen LogP contribution in [0.2, 0.25) is 0 Å². The molecule has 0 amide bonds. The van der Waals surface area contributed by atoms with Crippen LogP contribution in [0.25, 0.3) is 11.0 Å². The number of aryl methyl sites for hydroxylation is 1. The van der Waals surface area contributed by atoms with Gasteiger partial charge in [-0.3, -0.25) is 4.98 Å². The molecule has 0 aliphatic carbocycles. The molecular formula is C16H15FN2O. The van der Waals surface area contributed by atoms with Crippen molar-refractivity contribution in [2.24, 2.45) is 0 Å². The maximum Gasteiger partial charge on any atom is 0.146 e. The lowest BCUT2D eigenvalue weighted by Gasteiger charge is -2.13. The Kier molecular flexibility index (Phi) is 3.24. The van der Waals surface area contributed by atoms with Crippen LogP contribution in [0.3, 0.4) is 0 Å². The molecule has 3 aromatic rings. The van der Waals surface area contributed by atoms with E-state index in [1.54, 1.807) is 19.3 Å². The van der Waals surface area contributed by atoms with Crippen LogP contribution in [-0.4, -0.2) is 12.0 Å². The van der Waals surface area contributed by atoms with Crippen molar-refractivity contribution in [2.75, 3.05) is 7.05 Å². The maximum absolute atomic E-state index is 13.9. The summed E-state index contributed by atoms with van der Waals surface area (Å²) in [6.45, 7) is 2.03. The highest BCUT2D eigenvalue weighted by Crippen LogP contribution is 2.28. The second-order valence-electron chi connectivity index (χ2n) is 4.78. The van der Waals surface area contributed by atoms with Crippen molar-refractivity contribution in [2.45, 2.75) is 13.0 Å². The highest BCUT2D eigenvalue weighted by atomic mass is 19.1. The third-order valence-corrected chi connectivity index (χ3v) is 3.32. The largest absolute Gasteiger partial charge is 0.459 e. The number of rotatable bonds is 3. The number of pyridine rings is 1. The summed E-state index contributed by atoms with van der Waals surface area (Å²) in [7, 11) is 1.76. The van der Waals surface area contributed by atoms with E-state index in [0.29, 0.717) is 11.5 Å². The summed E-state index contributed by atoms with van der Waals surface area (Å²) in [5.74, 6) is 0.314. The molecule has 20 heavy (non-hydrogen) atoms. The molecule has 1 unspecified atom stereocenters. The molecule has 0 spiro atoms. The van der Waals surface area contributed by atoms with Gasteiger partial charge in [-0.2, -0.15) is 0 Å². The lowest BCUT2D eigenvalue weighted by molar-refractivity contribution is 0.468. The van der Waals surface area contributed by atoms with E-state index in [2.05, 4.69) is 10.3 Å². The fourth-order valence-corrected chi connectivity index (χ4v) is 2.35. The molecule has 3 rings (SSSR count). The van der Waals surface area contributed by atoms with Crippen molar-refractivity contribution in [3.05, 3.63) is 65.4 Å². The lowest BCUT2D eigenvalue weighted by Crippen LogP contribution is -2.19. The topological polar surface area (TPSA) is 38.1 Å². The number of hydrogen-bond acceptors (Lipinski definition) is 3. The van der Waals surface area contributed by atoms with Crippen molar-refractivity contribution >= 4 is 11.0 Å². The summed E-state index contributed by atoms with van der Waals surface area (Å²) in [5.41, 5.74) is 2.29. The van der Waals surface area contributed by atoms with Crippen LogP contribution in [0.15, 0.2) is 47.0 Å². The molecule has 4 heteroatoms. The fraction of sp³-hybridized carbons (Fsp3) is 0.188. The lowest BCUT2D eigenvalue weighted by atomic mass is 10.1. The highest BCUT2D eigenvalue weighted by molar-refractivity contribution is 5.78. The van der Waals surface area contributed by atoms with Crippen molar-refractivity contribution in [3.63, 3.8) is 0 Å². The smallest absolute Gasteiger partial charge is 0.146 e. The third-order valence-electron chi connectivity index (χ3n) is 3.32. The number of hydrogen-bond donors (Lipinski definition) is 1. The molecule has 2 heterocycles. The van der Waals surface area contributed by atoms with Gasteiger partial charge >= 0.3 is 0 Å². The molecule has 0 radical (unpaired) electrons. The van der Waals surface area contributed by atoms with E-state index in [0.717, 1.165) is 16.5 Å². The Morgan fingerprint density at radius 1 is 1.25 bits per heavy atom. The Morgan fingerprint density at radius 2 is 2.10 bits per heavy atom. The Bertz CT molecular complexity index is 751. The minimum atomic E-state index is -0.399. The van der Waals surface area contributed by atoms with Crippen LogP contribution in [-0.2, 0) is 0 Å². The summed E-state index contributed by atoms with van der Waals surface area (Å²) < 4.78 is 19.7. The summed E-state index contributed by atoms with van der Waals surface area (Å²) in [4.78, 5) is 4.12. The second-order valence-corrected chi connectivity index (χ2v) is 4.78. The van der Waals surface area contributed by atoms with Crippen molar-refractivity contribution in [1.82, 2.24) is 10.3 Å². The summed E-state index contributed by atoms with van der Waals surface area (Å²) in [6.07, 6.45) is 1.58. The van der Waals surface area contributed by atoms with Crippen molar-refractivity contribution in [1.29, 1.82) is 0 Å². The summed E-state index contributed by atoms with van der Waals surface area (Å²) in [5, 5.41) is 4.07. The predicted octanol–water partition coefficient (Wildman–Crippen LogP) is 3.58. The molecule has 0 aliphatic heterocycles. The van der Waals surface area contributed by atoms with E-state index in [9.17, 15) is 4.39 Å². The molecule has 0 bridgehead atoms. The van der Waals surface area contributed by atoms with Crippen LogP contribution in [0.5, 0.6) is 0 Å². The van der Waals surface area contributed by atoms with Gasteiger partial charge < -0.3 is 9.73 Å². The fourth-order valence-electron chi connectivity index (χ4n) is 2.35. The molecule has 1 atom stereocenters. The molecule has 0 fully saturated rings. The first-order valence-electron chi connectivity index (χ1n) is 6.47. The Hall–Kier alpha value is -2.20. The van der Waals surface area contributed by atoms with E-state index >= 15 is 0 Å². The first-order valence-corrected chi connectivity index (χ1v) is 6.47. The summed E-state index contributed by atoms with van der Waals surface area (Å²) >= 11 is 0. The van der Waals surface area contributed by atoms with E-state index < -0.39 is 6.04 Å². The van der Waals surface area contributed by atoms with E-state index in [-0.39, 0.29) is 5.82 Å². The van der Waals surface area contributed by atoms with Crippen molar-refractivity contribution < 1.29 is 8.81 Å². The van der Waals surface area contributed by atoms with Gasteiger partial charge in [0.25, 0.3) is 0 Å². The van der Waals surface area contributed by atoms with E-state index in [4.69, 9.17) is 4.42 Å². The molecule has 1 N–H and O–H groups in total. The van der Waals surface area contributed by atoms with Crippen LogP contribution in [0, 0.1) is 12.7 Å². The van der Waals surface area contributed by atoms with Crippen LogP contribution >= 0.6 is 0 Å². The van der Waals surface area contributed by atoms with Crippen LogP contribution in [0.4, 0.5) is 4.39 Å². The number of furan rings is 1. The van der Waals surface area contributed by atoms with Gasteiger partial charge in [0.05, 0.1) is 0 Å². The first kappa shape index (κ1) is 12.8. The van der Waals surface area contributed by atoms with Crippen molar-refractivity contribution in [3.8, 4) is 0 Å². The molecular weight excluding hydrogens is 255 g/mol. The standard InChI is InChI=1S/C16H15FN2O/c1-10-5-6-13-11(8-10)9-14(20-13)16(18-2)15-12(17)4-3-7-19-15/h3-9,16,18H,1-2H3. The number of nitrogens with one attached hydrogen (secondary N) is 1. The second kappa shape index (κ2) is 5.06. The maximum atomic E-state index is 13.9. The Balaban J connectivity index is 2.10. The number of fused-ring (bicyclic) bond motifs is 1. The molecule has 2 aromatic heterocycles. The molecule has 1 aromatic carbocycles. The Labute approximate surface area is 116 Å². The summed E-state index contributed by atoms with van der Waals surface area (Å²) in [6, 6.07) is 10.5. The van der Waals surface area contributed by atoms with Gasteiger partial charge in [0, 0.05) is 11.6 Å². The van der Waals surface area contributed by atoms with Crippen LogP contribution in [0.1, 0.15) is 23.1 Å². The average molecular weight is 270 g/mol. The molecule has 0 saturated carbocycles. The van der Waals surface area contributed by atoms with E-state index in [1.165, 1.54) is 6.07 Å². The number of aromatic nitrogens is 1. The number of nitrogens with zero attached hydrogens (tertiary/aromatic N) is 1. The zero-order valence-corrected chi connectivity index (χ0v) is 11.4. The van der Waals surface area contributed by atoms with Gasteiger partial charge in [-0.05, 0) is 44.3 Å². The molecule has 0 saturated heterocycles. The SMILES string of the molecule is CNC(c1cc2cc(C)ccc2o1)c1ncccc1F. The minimum absolute atomic E-state index is 0.339. The zero-order chi connectivity index (χ0) is 14.1. The molecule has 0 aliphatic rings. The minimum Gasteiger partial charge on any atom is -0.459 e. The van der Waals surface area contributed by atoms with Gasteiger partial charge in [0.15, 0.2) is 0 Å². The Morgan fingerprint density at radius 3 is 2.85 bits per heavy atom. The zero-order valence-electron chi connectivity index (χ0n) is 11.4. The monoisotopic (exact) mass is 270 g/mol. The van der Waals surface area contributed by atoms with Crippen LogP contribution < -0.4 is 5.32 Å². The van der Waals surface area contributed by atoms with Gasteiger partial charge in [-0.1, -0.05) is 11.6 Å². The molecule has 3 nitrogen and oxygen atoms in total. The molecule has 102 valence electrons. The van der Waals surface area contributed by atoms with Gasteiger partial charge in [-0.25, -0.2) is 4.39 Å². The average Bonchev–Trinajstić information content (AvgIpc) is 2.84.